The number of rotatable bonds is 5. The highest BCUT2D eigenvalue weighted by Gasteiger charge is 2.49. The van der Waals surface area contributed by atoms with E-state index in [0.29, 0.717) is 0 Å². The molecule has 1 N–H and O–H groups in total. The van der Waals surface area contributed by atoms with Gasteiger partial charge in [-0.2, -0.15) is 13.2 Å². The van der Waals surface area contributed by atoms with E-state index in [1.807, 2.05) is 0 Å². The fourth-order valence-corrected chi connectivity index (χ4v) is 1.09. The minimum Gasteiger partial charge on any atom is -0.481 e. The molecule has 0 saturated heterocycles. The predicted octanol–water partition coefficient (Wildman–Crippen LogP) is 1.76. The van der Waals surface area contributed by atoms with E-state index in [2.05, 4.69) is 10.0 Å². The van der Waals surface area contributed by atoms with Gasteiger partial charge in [0, 0.05) is 4.91 Å². The van der Waals surface area contributed by atoms with E-state index in [1.165, 1.54) is 0 Å². The van der Waals surface area contributed by atoms with Crippen LogP contribution in [0.5, 0.6) is 0 Å². The average Bonchev–Trinajstić information content (AvgIpc) is 2.12. The smallest absolute Gasteiger partial charge is 0.399 e. The van der Waals surface area contributed by atoms with Crippen molar-refractivity contribution in [3.8, 4) is 0 Å². The number of carbonyl (C=O) groups excluding carboxylic acids is 1. The van der Waals surface area contributed by atoms with Crippen LogP contribution in [-0.4, -0.2) is 29.6 Å². The summed E-state index contributed by atoms with van der Waals surface area (Å²) in [4.78, 5) is 23.6. The number of Topliss-reactive ketones (excluding diaryl/α,β-unsaturated/α-hetero) is 1. The highest BCUT2D eigenvalue weighted by Crippen LogP contribution is 2.33. The number of carboxylic acids is 1. The second-order valence-electron chi connectivity index (χ2n) is 3.00. The number of aliphatic carboxylic acids is 1. The third kappa shape index (κ3) is 3.77. The molecule has 0 bridgehead atoms. The van der Waals surface area contributed by atoms with Gasteiger partial charge in [0.25, 0.3) is 0 Å². The Morgan fingerprint density at radius 2 is 2.00 bits per heavy atom. The monoisotopic (exact) mass is 239 g/mol. The van der Waals surface area contributed by atoms with Gasteiger partial charge in [-0.25, -0.2) is 0 Å². The maximum Gasteiger partial charge on any atom is 0.399 e. The van der Waals surface area contributed by atoms with Crippen LogP contribution >= 0.6 is 0 Å². The van der Waals surface area contributed by atoms with E-state index in [9.17, 15) is 22.8 Å². The first-order chi connectivity index (χ1) is 7.21. The maximum atomic E-state index is 12.4. The van der Waals surface area contributed by atoms with Gasteiger partial charge in [-0.15, -0.1) is 0 Å². The number of hydrogen-bond donors (Lipinski definition) is 1. The van der Waals surface area contributed by atoms with Crippen LogP contribution in [0.4, 0.5) is 13.2 Å². The number of carbonyl (C=O) groups is 2. The summed E-state index contributed by atoms with van der Waals surface area (Å²) in [5.74, 6) is -7.77. The lowest BCUT2D eigenvalue weighted by Gasteiger charge is -2.21. The maximum absolute atomic E-state index is 12.4. The molecule has 0 aliphatic heterocycles. The standard InChI is InChI=1S/C7H8F3N3O3/c1-3(6(15)16)5(7(8,9)10)4(14)2-12-13-11/h3,5H,2H2,1H3,(H,15,16). The molecule has 0 radical (unpaired) electrons. The summed E-state index contributed by atoms with van der Waals surface area (Å²) in [7, 11) is 0. The second kappa shape index (κ2) is 5.36. The van der Waals surface area contributed by atoms with Crippen molar-refractivity contribution in [3.63, 3.8) is 0 Å². The van der Waals surface area contributed by atoms with E-state index in [0.717, 1.165) is 6.92 Å². The van der Waals surface area contributed by atoms with Crippen molar-refractivity contribution >= 4 is 11.8 Å². The molecule has 0 aromatic heterocycles. The summed E-state index contributed by atoms with van der Waals surface area (Å²) in [6.45, 7) is -0.243. The summed E-state index contributed by atoms with van der Waals surface area (Å²) in [6.07, 6.45) is -4.97. The lowest BCUT2D eigenvalue weighted by atomic mass is 9.89. The van der Waals surface area contributed by atoms with Gasteiger partial charge in [-0.3, -0.25) is 9.59 Å². The Balaban J connectivity index is 5.02. The Hall–Kier alpha value is -1.76. The molecule has 0 aliphatic rings. The highest BCUT2D eigenvalue weighted by atomic mass is 19.4. The summed E-state index contributed by atoms with van der Waals surface area (Å²) < 4.78 is 37.2. The first-order valence-corrected chi connectivity index (χ1v) is 4.05. The summed E-state index contributed by atoms with van der Waals surface area (Å²) >= 11 is 0. The average molecular weight is 239 g/mol. The van der Waals surface area contributed by atoms with Gasteiger partial charge in [0.15, 0.2) is 5.78 Å². The van der Waals surface area contributed by atoms with Gasteiger partial charge in [0.1, 0.15) is 5.92 Å². The zero-order chi connectivity index (χ0) is 12.9. The molecule has 0 aromatic rings. The Morgan fingerprint density at radius 3 is 2.31 bits per heavy atom. The molecular formula is C7H8F3N3O3. The fourth-order valence-electron chi connectivity index (χ4n) is 1.09. The van der Waals surface area contributed by atoms with Gasteiger partial charge in [-0.05, 0) is 5.53 Å². The van der Waals surface area contributed by atoms with Crippen molar-refractivity contribution in [3.05, 3.63) is 10.4 Å². The quantitative estimate of drug-likeness (QED) is 0.449. The zero-order valence-electron chi connectivity index (χ0n) is 8.10. The molecule has 0 aliphatic carbocycles. The summed E-state index contributed by atoms with van der Waals surface area (Å²) in [6, 6.07) is 0. The third-order valence-corrected chi connectivity index (χ3v) is 1.88. The molecule has 0 fully saturated rings. The van der Waals surface area contributed by atoms with Crippen LogP contribution in [0.15, 0.2) is 5.11 Å². The van der Waals surface area contributed by atoms with Crippen molar-refractivity contribution in [1.29, 1.82) is 0 Å². The SMILES string of the molecule is CC(C(=O)O)C(C(=O)CN=[N+]=[N-])C(F)(F)F. The first kappa shape index (κ1) is 14.2. The third-order valence-electron chi connectivity index (χ3n) is 1.88. The van der Waals surface area contributed by atoms with Crippen molar-refractivity contribution in [2.45, 2.75) is 13.1 Å². The highest BCUT2D eigenvalue weighted by molar-refractivity contribution is 5.88. The molecule has 90 valence electrons. The van der Waals surface area contributed by atoms with Crippen molar-refractivity contribution in [1.82, 2.24) is 0 Å². The first-order valence-electron chi connectivity index (χ1n) is 4.05. The molecule has 0 heterocycles. The fraction of sp³-hybridized carbons (Fsp3) is 0.714. The summed E-state index contributed by atoms with van der Waals surface area (Å²) in [5, 5.41) is 11.1. The largest absolute Gasteiger partial charge is 0.481 e. The molecule has 0 rings (SSSR count). The topological polar surface area (TPSA) is 103 Å². The molecule has 16 heavy (non-hydrogen) atoms. The van der Waals surface area contributed by atoms with E-state index in [1.54, 1.807) is 0 Å². The number of nitrogens with zero attached hydrogens (tertiary/aromatic N) is 3. The minimum absolute atomic E-state index is 0.772. The number of halogens is 3. The van der Waals surface area contributed by atoms with Crippen LogP contribution in [0.25, 0.3) is 10.4 Å². The van der Waals surface area contributed by atoms with Crippen molar-refractivity contribution in [2.75, 3.05) is 6.54 Å². The van der Waals surface area contributed by atoms with E-state index in [-0.39, 0.29) is 0 Å². The predicted molar refractivity (Wildman–Crippen MR) is 45.4 cm³/mol. The molecular weight excluding hydrogens is 231 g/mol. The van der Waals surface area contributed by atoms with Crippen LogP contribution < -0.4 is 0 Å². The van der Waals surface area contributed by atoms with Gasteiger partial charge in [0.2, 0.25) is 0 Å². The van der Waals surface area contributed by atoms with Gasteiger partial charge in [-0.1, -0.05) is 12.0 Å². The lowest BCUT2D eigenvalue weighted by Crippen LogP contribution is -2.40. The molecule has 9 heteroatoms. The normalized spacial score (nSPS) is 14.8. The number of hydrogen-bond acceptors (Lipinski definition) is 3. The minimum atomic E-state index is -4.97. The Bertz CT molecular complexity index is 336. The number of carboxylic acid groups (broad SMARTS) is 1. The lowest BCUT2D eigenvalue weighted by molar-refractivity contribution is -0.196. The van der Waals surface area contributed by atoms with Crippen LogP contribution in [-0.2, 0) is 9.59 Å². The Morgan fingerprint density at radius 1 is 1.50 bits per heavy atom. The number of azide groups is 1. The molecule has 0 amide bonds. The van der Waals surface area contributed by atoms with Crippen LogP contribution in [0.3, 0.4) is 0 Å². The number of ketones is 1. The van der Waals surface area contributed by atoms with Gasteiger partial charge < -0.3 is 5.11 Å². The van der Waals surface area contributed by atoms with Crippen LogP contribution in [0.2, 0.25) is 0 Å². The molecule has 6 nitrogen and oxygen atoms in total. The van der Waals surface area contributed by atoms with Gasteiger partial charge in [0.05, 0.1) is 12.5 Å². The Kier molecular flexibility index (Phi) is 4.77. The second-order valence-corrected chi connectivity index (χ2v) is 3.00. The van der Waals surface area contributed by atoms with Crippen molar-refractivity contribution < 1.29 is 27.9 Å². The molecule has 0 aromatic carbocycles. The van der Waals surface area contributed by atoms with Crippen molar-refractivity contribution in [2.24, 2.45) is 17.0 Å². The van der Waals surface area contributed by atoms with Crippen LogP contribution in [0, 0.1) is 11.8 Å². The van der Waals surface area contributed by atoms with E-state index >= 15 is 0 Å². The van der Waals surface area contributed by atoms with Crippen LogP contribution in [0.1, 0.15) is 6.92 Å². The number of alkyl halides is 3. The molecule has 0 spiro atoms. The molecule has 0 saturated carbocycles. The van der Waals surface area contributed by atoms with Gasteiger partial charge >= 0.3 is 12.1 Å². The summed E-state index contributed by atoms with van der Waals surface area (Å²) in [5.41, 5.74) is 7.86. The van der Waals surface area contributed by atoms with E-state index < -0.39 is 36.3 Å². The molecule has 2 atom stereocenters. The zero-order valence-corrected chi connectivity index (χ0v) is 8.10. The Labute approximate surface area is 87.7 Å². The molecule has 2 unspecified atom stereocenters. The van der Waals surface area contributed by atoms with E-state index in [4.69, 9.17) is 10.6 Å².